The third-order valence-electron chi connectivity index (χ3n) is 3.02. The molecule has 0 saturated carbocycles. The first-order valence-corrected chi connectivity index (χ1v) is 7.05. The summed E-state index contributed by atoms with van der Waals surface area (Å²) in [6, 6.07) is 11.2. The number of ether oxygens (including phenoxy) is 2. The molecule has 0 aromatic heterocycles. The quantitative estimate of drug-likeness (QED) is 0.913. The van der Waals surface area contributed by atoms with Gasteiger partial charge in [-0.3, -0.25) is 0 Å². The number of rotatable bonds is 3. The van der Waals surface area contributed by atoms with Gasteiger partial charge in [-0.2, -0.15) is 0 Å². The zero-order valence-electron chi connectivity index (χ0n) is 10.7. The fourth-order valence-corrected chi connectivity index (χ4v) is 2.38. The van der Waals surface area contributed by atoms with Crippen LogP contribution in [0.5, 0.6) is 11.5 Å². The lowest BCUT2D eigenvalue weighted by Crippen LogP contribution is -2.15. The number of fused-ring (bicyclic) bond motifs is 1. The van der Waals surface area contributed by atoms with E-state index in [1.54, 1.807) is 12.1 Å². The number of halogens is 2. The van der Waals surface area contributed by atoms with Crippen molar-refractivity contribution in [1.82, 2.24) is 0 Å². The molecule has 0 saturated heterocycles. The van der Waals surface area contributed by atoms with Crippen molar-refractivity contribution in [3.63, 3.8) is 0 Å². The predicted octanol–water partition coefficient (Wildman–Crippen LogP) is 4.38. The second-order valence-corrected chi connectivity index (χ2v) is 5.30. The number of hydrogen-bond donors (Lipinski definition) is 1. The molecule has 0 bridgehead atoms. The standard InChI is InChI=1S/C15H13Cl2NO2/c16-11-2-3-12(17)13(8-11)18-9-10-1-4-14-15(7-10)20-6-5-19-14/h1-4,7-8,18H,5-6,9H2. The summed E-state index contributed by atoms with van der Waals surface area (Å²) in [4.78, 5) is 0. The SMILES string of the molecule is Clc1ccc(Cl)c(NCc2ccc3c(c2)OCCO3)c1. The van der Waals surface area contributed by atoms with Gasteiger partial charge in [0.1, 0.15) is 13.2 Å². The van der Waals surface area contributed by atoms with Gasteiger partial charge in [-0.1, -0.05) is 29.3 Å². The molecule has 3 rings (SSSR count). The molecule has 1 N–H and O–H groups in total. The predicted molar refractivity (Wildman–Crippen MR) is 81.2 cm³/mol. The van der Waals surface area contributed by atoms with E-state index in [2.05, 4.69) is 5.32 Å². The summed E-state index contributed by atoms with van der Waals surface area (Å²) in [6.45, 7) is 1.82. The van der Waals surface area contributed by atoms with Crippen LogP contribution in [0.2, 0.25) is 10.0 Å². The average Bonchev–Trinajstić information content (AvgIpc) is 2.48. The molecule has 3 nitrogen and oxygen atoms in total. The summed E-state index contributed by atoms with van der Waals surface area (Å²) < 4.78 is 11.1. The van der Waals surface area contributed by atoms with E-state index in [1.807, 2.05) is 24.3 Å². The Hall–Kier alpha value is -1.58. The van der Waals surface area contributed by atoms with Gasteiger partial charge >= 0.3 is 0 Å². The maximum atomic E-state index is 6.11. The van der Waals surface area contributed by atoms with Gasteiger partial charge < -0.3 is 14.8 Å². The van der Waals surface area contributed by atoms with Crippen LogP contribution in [-0.4, -0.2) is 13.2 Å². The first-order chi connectivity index (χ1) is 9.72. The van der Waals surface area contributed by atoms with Crippen molar-refractivity contribution in [1.29, 1.82) is 0 Å². The van der Waals surface area contributed by atoms with E-state index in [4.69, 9.17) is 32.7 Å². The molecule has 0 amide bonds. The van der Waals surface area contributed by atoms with E-state index < -0.39 is 0 Å². The van der Waals surface area contributed by atoms with Gasteiger partial charge in [-0.25, -0.2) is 0 Å². The van der Waals surface area contributed by atoms with Gasteiger partial charge in [0.05, 0.1) is 10.7 Å². The average molecular weight is 310 g/mol. The smallest absolute Gasteiger partial charge is 0.161 e. The molecular weight excluding hydrogens is 297 g/mol. The molecule has 0 spiro atoms. The molecule has 0 aliphatic carbocycles. The minimum atomic E-state index is 0.587. The van der Waals surface area contributed by atoms with Gasteiger partial charge in [0, 0.05) is 11.6 Å². The normalized spacial score (nSPS) is 13.1. The van der Waals surface area contributed by atoms with Crippen LogP contribution < -0.4 is 14.8 Å². The zero-order valence-corrected chi connectivity index (χ0v) is 12.2. The van der Waals surface area contributed by atoms with Gasteiger partial charge in [-0.05, 0) is 35.9 Å². The van der Waals surface area contributed by atoms with Crippen LogP contribution >= 0.6 is 23.2 Å². The van der Waals surface area contributed by atoms with Gasteiger partial charge in [0.25, 0.3) is 0 Å². The molecule has 0 radical (unpaired) electrons. The van der Waals surface area contributed by atoms with Gasteiger partial charge in [0.2, 0.25) is 0 Å². The third-order valence-corrected chi connectivity index (χ3v) is 3.58. The van der Waals surface area contributed by atoms with E-state index >= 15 is 0 Å². The van der Waals surface area contributed by atoms with Crippen LogP contribution in [0.3, 0.4) is 0 Å². The highest BCUT2D eigenvalue weighted by molar-refractivity contribution is 6.35. The molecule has 2 aromatic carbocycles. The summed E-state index contributed by atoms with van der Waals surface area (Å²) in [5.74, 6) is 1.58. The number of hydrogen-bond acceptors (Lipinski definition) is 3. The summed E-state index contributed by atoms with van der Waals surface area (Å²) >= 11 is 12.1. The summed E-state index contributed by atoms with van der Waals surface area (Å²) in [5, 5.41) is 4.56. The Labute approximate surface area is 127 Å². The molecule has 104 valence electrons. The molecule has 1 aliphatic rings. The molecule has 5 heteroatoms. The Kier molecular flexibility index (Phi) is 3.90. The van der Waals surface area contributed by atoms with Crippen molar-refractivity contribution in [2.45, 2.75) is 6.54 Å². The summed E-state index contributed by atoms with van der Waals surface area (Å²) in [7, 11) is 0. The Morgan fingerprint density at radius 1 is 0.950 bits per heavy atom. The molecule has 20 heavy (non-hydrogen) atoms. The fourth-order valence-electron chi connectivity index (χ4n) is 2.03. The second kappa shape index (κ2) is 5.81. The fraction of sp³-hybridized carbons (Fsp3) is 0.200. The van der Waals surface area contributed by atoms with E-state index in [0.29, 0.717) is 29.8 Å². The number of benzene rings is 2. The van der Waals surface area contributed by atoms with Crippen molar-refractivity contribution in [3.8, 4) is 11.5 Å². The van der Waals surface area contributed by atoms with Crippen LogP contribution in [0.4, 0.5) is 5.69 Å². The van der Waals surface area contributed by atoms with Crippen molar-refractivity contribution in [2.24, 2.45) is 0 Å². The van der Waals surface area contributed by atoms with Crippen LogP contribution in [0.1, 0.15) is 5.56 Å². The third kappa shape index (κ3) is 2.94. The first kappa shape index (κ1) is 13.4. The van der Waals surface area contributed by atoms with Crippen LogP contribution in [0.15, 0.2) is 36.4 Å². The Morgan fingerprint density at radius 2 is 1.75 bits per heavy atom. The minimum absolute atomic E-state index is 0.587. The summed E-state index contributed by atoms with van der Waals surface area (Å²) in [5.41, 5.74) is 1.90. The van der Waals surface area contributed by atoms with Gasteiger partial charge in [-0.15, -0.1) is 0 Å². The van der Waals surface area contributed by atoms with Crippen LogP contribution in [-0.2, 0) is 6.54 Å². The number of anilines is 1. The lowest BCUT2D eigenvalue weighted by molar-refractivity contribution is 0.171. The summed E-state index contributed by atoms with van der Waals surface area (Å²) in [6.07, 6.45) is 0. The first-order valence-electron chi connectivity index (χ1n) is 6.30. The van der Waals surface area contributed by atoms with Crippen LogP contribution in [0, 0.1) is 0 Å². The molecule has 2 aromatic rings. The largest absolute Gasteiger partial charge is 0.486 e. The van der Waals surface area contributed by atoms with E-state index in [0.717, 1.165) is 22.7 Å². The second-order valence-electron chi connectivity index (χ2n) is 4.46. The topological polar surface area (TPSA) is 30.5 Å². The zero-order chi connectivity index (χ0) is 13.9. The van der Waals surface area contributed by atoms with Crippen molar-refractivity contribution in [2.75, 3.05) is 18.5 Å². The van der Waals surface area contributed by atoms with Crippen molar-refractivity contribution < 1.29 is 9.47 Å². The Morgan fingerprint density at radius 3 is 2.60 bits per heavy atom. The highest BCUT2D eigenvalue weighted by Crippen LogP contribution is 2.31. The van der Waals surface area contributed by atoms with Crippen molar-refractivity contribution >= 4 is 28.9 Å². The monoisotopic (exact) mass is 309 g/mol. The molecule has 0 atom stereocenters. The highest BCUT2D eigenvalue weighted by Gasteiger charge is 2.11. The van der Waals surface area contributed by atoms with E-state index in [-0.39, 0.29) is 0 Å². The van der Waals surface area contributed by atoms with Crippen molar-refractivity contribution in [3.05, 3.63) is 52.0 Å². The lowest BCUT2D eigenvalue weighted by Gasteiger charge is -2.19. The maximum Gasteiger partial charge on any atom is 0.161 e. The van der Waals surface area contributed by atoms with Crippen LogP contribution in [0.25, 0.3) is 0 Å². The lowest BCUT2D eigenvalue weighted by atomic mass is 10.2. The number of nitrogens with one attached hydrogen (secondary N) is 1. The molecule has 0 fully saturated rings. The van der Waals surface area contributed by atoms with E-state index in [9.17, 15) is 0 Å². The molecule has 0 unspecified atom stereocenters. The maximum absolute atomic E-state index is 6.11. The minimum Gasteiger partial charge on any atom is -0.486 e. The van der Waals surface area contributed by atoms with Gasteiger partial charge in [0.15, 0.2) is 11.5 Å². The molecular formula is C15H13Cl2NO2. The van der Waals surface area contributed by atoms with E-state index in [1.165, 1.54) is 0 Å². The molecule has 1 aliphatic heterocycles. The Bertz CT molecular complexity index is 631. The molecule has 1 heterocycles. The Balaban J connectivity index is 1.73. The highest BCUT2D eigenvalue weighted by atomic mass is 35.5.